The minimum absolute atomic E-state index is 0.0445. The van der Waals surface area contributed by atoms with E-state index in [0.717, 1.165) is 10.0 Å². The predicted molar refractivity (Wildman–Crippen MR) is 129 cm³/mol. The molecule has 1 N–H and O–H groups in total. The molecule has 0 aliphatic rings. The molecule has 1 amide bonds. The summed E-state index contributed by atoms with van der Waals surface area (Å²) in [6.07, 6.45) is 1.49. The van der Waals surface area contributed by atoms with E-state index in [9.17, 15) is 15.3 Å². The number of halogens is 1. The normalized spacial score (nSPS) is 10.6. The van der Waals surface area contributed by atoms with Crippen molar-refractivity contribution in [2.24, 2.45) is 0 Å². The molecule has 0 aliphatic carbocycles. The molecular weight excluding hydrogens is 482 g/mol. The van der Waals surface area contributed by atoms with Crippen LogP contribution in [0.15, 0.2) is 76.8 Å². The van der Waals surface area contributed by atoms with E-state index in [2.05, 4.69) is 27.3 Å². The van der Waals surface area contributed by atoms with Crippen LogP contribution >= 0.6 is 15.9 Å². The number of nitrogens with one attached hydrogen (secondary N) is 1. The average Bonchev–Trinajstić information content (AvgIpc) is 2.83. The number of hydrogen-bond acceptors (Lipinski definition) is 5. The molecule has 0 saturated heterocycles. The van der Waals surface area contributed by atoms with Gasteiger partial charge in [-0.25, -0.2) is 0 Å². The number of carbonyl (C=O) groups is 1. The van der Waals surface area contributed by atoms with Crippen molar-refractivity contribution in [1.82, 2.24) is 0 Å². The Bertz CT molecular complexity index is 1260. The fourth-order valence-corrected chi connectivity index (χ4v) is 3.22. The van der Waals surface area contributed by atoms with Gasteiger partial charge in [-0.3, -0.25) is 4.79 Å². The standard InChI is InChI=1S/C26H20BrN3O3/c1-2-32-25-14-18(7-12-24(25)33-17-20-6-4-3-5-19(20)15-28)13-21(16-29)26(31)30-23-10-8-22(27)9-11-23/h3-14H,2,17H2,1H3,(H,30,31)/b21-13-. The van der Waals surface area contributed by atoms with Crippen LogP contribution in [-0.4, -0.2) is 12.5 Å². The topological polar surface area (TPSA) is 95.1 Å². The van der Waals surface area contributed by atoms with Gasteiger partial charge < -0.3 is 14.8 Å². The minimum Gasteiger partial charge on any atom is -0.490 e. The first kappa shape index (κ1) is 23.6. The van der Waals surface area contributed by atoms with Gasteiger partial charge in [-0.1, -0.05) is 40.2 Å². The van der Waals surface area contributed by atoms with E-state index < -0.39 is 5.91 Å². The van der Waals surface area contributed by atoms with Crippen LogP contribution in [-0.2, 0) is 11.4 Å². The maximum absolute atomic E-state index is 12.5. The quantitative estimate of drug-likeness (QED) is 0.308. The fourth-order valence-electron chi connectivity index (χ4n) is 2.96. The molecule has 0 heterocycles. The van der Waals surface area contributed by atoms with E-state index in [1.54, 1.807) is 54.6 Å². The number of hydrogen-bond donors (Lipinski definition) is 1. The van der Waals surface area contributed by atoms with Gasteiger partial charge in [0.05, 0.1) is 18.2 Å². The van der Waals surface area contributed by atoms with Gasteiger partial charge in [0.1, 0.15) is 18.2 Å². The molecule has 0 radical (unpaired) electrons. The summed E-state index contributed by atoms with van der Waals surface area (Å²) in [5.74, 6) is 0.470. The second-order valence-electron chi connectivity index (χ2n) is 6.83. The van der Waals surface area contributed by atoms with E-state index in [1.807, 2.05) is 25.1 Å². The van der Waals surface area contributed by atoms with Crippen molar-refractivity contribution in [2.75, 3.05) is 11.9 Å². The van der Waals surface area contributed by atoms with Gasteiger partial charge in [0.2, 0.25) is 0 Å². The maximum atomic E-state index is 12.5. The summed E-state index contributed by atoms with van der Waals surface area (Å²) in [5.41, 5.74) is 2.47. The average molecular weight is 502 g/mol. The molecule has 3 aromatic carbocycles. The van der Waals surface area contributed by atoms with Gasteiger partial charge in [-0.15, -0.1) is 0 Å². The molecule has 6 nitrogen and oxygen atoms in total. The number of rotatable bonds is 8. The lowest BCUT2D eigenvalue weighted by molar-refractivity contribution is -0.112. The lowest BCUT2D eigenvalue weighted by Gasteiger charge is -2.13. The Labute approximate surface area is 200 Å². The summed E-state index contributed by atoms with van der Waals surface area (Å²) < 4.78 is 12.5. The smallest absolute Gasteiger partial charge is 0.266 e. The van der Waals surface area contributed by atoms with Gasteiger partial charge in [-0.05, 0) is 61.0 Å². The van der Waals surface area contributed by atoms with E-state index >= 15 is 0 Å². The first-order valence-electron chi connectivity index (χ1n) is 10.1. The van der Waals surface area contributed by atoms with E-state index in [1.165, 1.54) is 6.08 Å². The molecular formula is C26H20BrN3O3. The number of nitrogens with zero attached hydrogens (tertiary/aromatic N) is 2. The van der Waals surface area contributed by atoms with Crippen LogP contribution in [0.25, 0.3) is 6.08 Å². The molecule has 0 bridgehead atoms. The number of benzene rings is 3. The van der Waals surface area contributed by atoms with Crippen molar-refractivity contribution in [2.45, 2.75) is 13.5 Å². The van der Waals surface area contributed by atoms with Crippen molar-refractivity contribution < 1.29 is 14.3 Å². The summed E-state index contributed by atoms with van der Waals surface area (Å²) >= 11 is 3.34. The highest BCUT2D eigenvalue weighted by Gasteiger charge is 2.12. The largest absolute Gasteiger partial charge is 0.490 e. The van der Waals surface area contributed by atoms with Crippen molar-refractivity contribution in [1.29, 1.82) is 10.5 Å². The van der Waals surface area contributed by atoms with Gasteiger partial charge in [-0.2, -0.15) is 10.5 Å². The summed E-state index contributed by atoms with van der Waals surface area (Å²) in [6, 6.07) is 23.5. The Morgan fingerprint density at radius 3 is 2.48 bits per heavy atom. The molecule has 0 spiro atoms. The van der Waals surface area contributed by atoms with Crippen molar-refractivity contribution in [3.8, 4) is 23.6 Å². The molecule has 0 unspecified atom stereocenters. The summed E-state index contributed by atoms with van der Waals surface area (Å²) in [7, 11) is 0. The molecule has 0 saturated carbocycles. The second kappa shape index (κ2) is 11.5. The number of nitriles is 2. The van der Waals surface area contributed by atoms with Gasteiger partial charge in [0, 0.05) is 15.7 Å². The number of amides is 1. The molecule has 3 rings (SSSR count). The zero-order valence-electron chi connectivity index (χ0n) is 17.8. The molecule has 33 heavy (non-hydrogen) atoms. The van der Waals surface area contributed by atoms with Crippen LogP contribution in [0.2, 0.25) is 0 Å². The van der Waals surface area contributed by atoms with E-state index in [4.69, 9.17) is 9.47 Å². The molecule has 0 atom stereocenters. The predicted octanol–water partition coefficient (Wildman–Crippen LogP) is 5.84. The van der Waals surface area contributed by atoms with Crippen LogP contribution < -0.4 is 14.8 Å². The molecule has 0 aromatic heterocycles. The molecule has 0 aliphatic heterocycles. The van der Waals surface area contributed by atoms with E-state index in [0.29, 0.717) is 34.9 Å². The van der Waals surface area contributed by atoms with Crippen LogP contribution in [0.3, 0.4) is 0 Å². The Hall–Kier alpha value is -4.07. The SMILES string of the molecule is CCOc1cc(/C=C(/C#N)C(=O)Nc2ccc(Br)cc2)ccc1OCc1ccccc1C#N. The summed E-state index contributed by atoms with van der Waals surface area (Å²) in [5, 5.41) is 21.5. The number of ether oxygens (including phenoxy) is 2. The maximum Gasteiger partial charge on any atom is 0.266 e. The highest BCUT2D eigenvalue weighted by Crippen LogP contribution is 2.30. The highest BCUT2D eigenvalue weighted by molar-refractivity contribution is 9.10. The third kappa shape index (κ3) is 6.46. The molecule has 0 fully saturated rings. The van der Waals surface area contributed by atoms with Crippen molar-refractivity contribution in [3.63, 3.8) is 0 Å². The molecule has 164 valence electrons. The zero-order valence-corrected chi connectivity index (χ0v) is 19.4. The summed E-state index contributed by atoms with van der Waals surface area (Å²) in [4.78, 5) is 12.5. The molecule has 7 heteroatoms. The lowest BCUT2D eigenvalue weighted by Crippen LogP contribution is -2.13. The van der Waals surface area contributed by atoms with Crippen LogP contribution in [0, 0.1) is 22.7 Å². The fraction of sp³-hybridized carbons (Fsp3) is 0.115. The Balaban J connectivity index is 1.79. The van der Waals surface area contributed by atoms with Gasteiger partial charge in [0.15, 0.2) is 11.5 Å². The highest BCUT2D eigenvalue weighted by atomic mass is 79.9. The third-order valence-corrected chi connectivity index (χ3v) is 5.10. The Morgan fingerprint density at radius 1 is 1.03 bits per heavy atom. The Kier molecular flexibility index (Phi) is 8.24. The van der Waals surface area contributed by atoms with Gasteiger partial charge in [0.25, 0.3) is 5.91 Å². The van der Waals surface area contributed by atoms with Crippen molar-refractivity contribution >= 4 is 33.6 Å². The van der Waals surface area contributed by atoms with Crippen molar-refractivity contribution in [3.05, 3.63) is 93.5 Å². The first-order valence-corrected chi connectivity index (χ1v) is 10.9. The third-order valence-electron chi connectivity index (χ3n) is 4.57. The second-order valence-corrected chi connectivity index (χ2v) is 7.74. The van der Waals surface area contributed by atoms with Crippen LogP contribution in [0.5, 0.6) is 11.5 Å². The summed E-state index contributed by atoms with van der Waals surface area (Å²) in [6.45, 7) is 2.47. The van der Waals surface area contributed by atoms with Crippen LogP contribution in [0.4, 0.5) is 5.69 Å². The first-order chi connectivity index (χ1) is 16.0. The van der Waals surface area contributed by atoms with E-state index in [-0.39, 0.29) is 12.2 Å². The lowest BCUT2D eigenvalue weighted by atomic mass is 10.1. The van der Waals surface area contributed by atoms with Gasteiger partial charge >= 0.3 is 0 Å². The van der Waals surface area contributed by atoms with Crippen LogP contribution in [0.1, 0.15) is 23.6 Å². The Morgan fingerprint density at radius 2 is 1.79 bits per heavy atom. The number of anilines is 1. The zero-order chi connectivity index (χ0) is 23.6. The molecule has 3 aromatic rings. The minimum atomic E-state index is -0.508. The number of carbonyl (C=O) groups excluding carboxylic acids is 1. The monoisotopic (exact) mass is 501 g/mol.